The summed E-state index contributed by atoms with van der Waals surface area (Å²) in [7, 11) is 3.52. The topological polar surface area (TPSA) is 61.9 Å². The first kappa shape index (κ1) is 15.8. The highest BCUT2D eigenvalue weighted by molar-refractivity contribution is 5.77. The van der Waals surface area contributed by atoms with Gasteiger partial charge in [-0.15, -0.1) is 0 Å². The van der Waals surface area contributed by atoms with E-state index < -0.39 is 5.60 Å². The fourth-order valence-electron chi connectivity index (χ4n) is 2.03. The lowest BCUT2D eigenvalue weighted by atomic mass is 10.2. The van der Waals surface area contributed by atoms with Gasteiger partial charge in [0.2, 0.25) is 5.91 Å². The Hall–Kier alpha value is -1.30. The number of nitrogens with zero attached hydrogens (tertiary/aromatic N) is 2. The van der Waals surface area contributed by atoms with E-state index in [1.807, 2.05) is 32.7 Å². The summed E-state index contributed by atoms with van der Waals surface area (Å²) >= 11 is 0. The highest BCUT2D eigenvalue weighted by atomic mass is 16.6. The van der Waals surface area contributed by atoms with Crippen LogP contribution in [0.1, 0.15) is 27.2 Å². The van der Waals surface area contributed by atoms with E-state index in [4.69, 9.17) is 4.74 Å². The first-order valence-electron chi connectivity index (χ1n) is 6.61. The van der Waals surface area contributed by atoms with Crippen molar-refractivity contribution in [2.75, 3.05) is 33.7 Å². The van der Waals surface area contributed by atoms with Crippen LogP contribution in [0.3, 0.4) is 0 Å². The van der Waals surface area contributed by atoms with Crippen molar-refractivity contribution in [1.82, 2.24) is 15.1 Å². The lowest BCUT2D eigenvalue weighted by Crippen LogP contribution is -2.42. The zero-order chi connectivity index (χ0) is 14.6. The summed E-state index contributed by atoms with van der Waals surface area (Å²) in [5.41, 5.74) is -0.469. The van der Waals surface area contributed by atoms with Crippen LogP contribution in [0.2, 0.25) is 0 Å². The molecule has 6 nitrogen and oxygen atoms in total. The Labute approximate surface area is 115 Å². The van der Waals surface area contributed by atoms with Crippen LogP contribution in [0.15, 0.2) is 0 Å². The van der Waals surface area contributed by atoms with Crippen LogP contribution in [0.4, 0.5) is 4.79 Å². The first-order chi connectivity index (χ1) is 8.73. The number of carbonyl (C=O) groups is 2. The van der Waals surface area contributed by atoms with Crippen molar-refractivity contribution in [3.63, 3.8) is 0 Å². The average molecular weight is 271 g/mol. The molecular formula is C13H25N3O3. The number of hydrogen-bond donors (Lipinski definition) is 1. The van der Waals surface area contributed by atoms with Crippen LogP contribution in [0.25, 0.3) is 0 Å². The number of likely N-dealkylation sites (tertiary alicyclic amines) is 1. The molecule has 1 aliphatic rings. The minimum atomic E-state index is -0.469. The van der Waals surface area contributed by atoms with Crippen molar-refractivity contribution >= 4 is 12.0 Å². The molecule has 1 rings (SSSR count). The molecule has 1 aliphatic heterocycles. The summed E-state index contributed by atoms with van der Waals surface area (Å²) in [5, 5.41) is 2.60. The summed E-state index contributed by atoms with van der Waals surface area (Å²) in [6.45, 7) is 7.21. The van der Waals surface area contributed by atoms with Gasteiger partial charge in [-0.3, -0.25) is 9.69 Å². The second kappa shape index (κ2) is 6.23. The molecule has 0 unspecified atom stereocenters. The van der Waals surface area contributed by atoms with Crippen molar-refractivity contribution in [3.05, 3.63) is 0 Å². The quantitative estimate of drug-likeness (QED) is 0.819. The van der Waals surface area contributed by atoms with E-state index in [2.05, 4.69) is 5.32 Å². The molecular weight excluding hydrogens is 246 g/mol. The molecule has 0 saturated carbocycles. The smallest absolute Gasteiger partial charge is 0.410 e. The van der Waals surface area contributed by atoms with E-state index in [1.165, 1.54) is 0 Å². The zero-order valence-corrected chi connectivity index (χ0v) is 12.5. The Bertz CT molecular complexity index is 339. The Morgan fingerprint density at radius 2 is 2.05 bits per heavy atom. The van der Waals surface area contributed by atoms with E-state index in [0.717, 1.165) is 6.42 Å². The molecule has 19 heavy (non-hydrogen) atoms. The van der Waals surface area contributed by atoms with Crippen molar-refractivity contribution < 1.29 is 14.3 Å². The Kier molecular flexibility index (Phi) is 5.17. The fraction of sp³-hybridized carbons (Fsp3) is 0.846. The number of ether oxygens (including phenoxy) is 1. The number of hydrogen-bond acceptors (Lipinski definition) is 4. The molecule has 1 N–H and O–H groups in total. The van der Waals surface area contributed by atoms with E-state index in [9.17, 15) is 9.59 Å². The van der Waals surface area contributed by atoms with Crippen LogP contribution < -0.4 is 5.32 Å². The van der Waals surface area contributed by atoms with Crippen LogP contribution in [0.5, 0.6) is 0 Å². The predicted octanol–water partition coefficient (Wildman–Crippen LogP) is 0.674. The number of nitrogens with one attached hydrogen (secondary N) is 1. The van der Waals surface area contributed by atoms with E-state index >= 15 is 0 Å². The molecule has 110 valence electrons. The molecule has 0 radical (unpaired) electrons. The van der Waals surface area contributed by atoms with Gasteiger partial charge in [0.1, 0.15) is 5.60 Å². The van der Waals surface area contributed by atoms with Crippen LogP contribution in [-0.4, -0.2) is 67.2 Å². The maximum Gasteiger partial charge on any atom is 0.410 e. The molecule has 0 aromatic heterocycles. The second-order valence-electron chi connectivity index (χ2n) is 5.96. The van der Waals surface area contributed by atoms with Crippen LogP contribution in [-0.2, 0) is 9.53 Å². The summed E-state index contributed by atoms with van der Waals surface area (Å²) < 4.78 is 5.34. The molecule has 1 heterocycles. The summed E-state index contributed by atoms with van der Waals surface area (Å²) in [5.74, 6) is -0.0155. The van der Waals surface area contributed by atoms with E-state index in [0.29, 0.717) is 19.6 Å². The summed E-state index contributed by atoms with van der Waals surface area (Å²) in [6, 6.07) is 0.213. The number of rotatable bonds is 3. The molecule has 0 spiro atoms. The lowest BCUT2D eigenvalue weighted by molar-refractivity contribution is -0.121. The molecule has 1 saturated heterocycles. The van der Waals surface area contributed by atoms with Crippen molar-refractivity contribution in [2.24, 2.45) is 0 Å². The summed E-state index contributed by atoms with van der Waals surface area (Å²) in [4.78, 5) is 26.9. The van der Waals surface area contributed by atoms with Crippen LogP contribution >= 0.6 is 0 Å². The second-order valence-corrected chi connectivity index (χ2v) is 5.96. The Balaban J connectivity index is 2.45. The normalized spacial score (nSPS) is 19.7. The minimum Gasteiger partial charge on any atom is -0.444 e. The maximum absolute atomic E-state index is 11.9. The van der Waals surface area contributed by atoms with Gasteiger partial charge in [-0.05, 0) is 34.2 Å². The van der Waals surface area contributed by atoms with E-state index in [-0.39, 0.29) is 18.0 Å². The van der Waals surface area contributed by atoms with Crippen LogP contribution in [0, 0.1) is 0 Å². The standard InChI is InChI=1S/C13H25N3O3/c1-13(2,3)19-12(18)16-7-6-10(8-16)15(5)9-11(17)14-4/h10H,6-9H2,1-5H3,(H,14,17)/t10-/m0/s1. The predicted molar refractivity (Wildman–Crippen MR) is 72.9 cm³/mol. The third-order valence-corrected chi connectivity index (χ3v) is 3.11. The lowest BCUT2D eigenvalue weighted by Gasteiger charge is -2.26. The molecule has 2 amide bonds. The van der Waals surface area contributed by atoms with E-state index in [1.54, 1.807) is 11.9 Å². The van der Waals surface area contributed by atoms with Gasteiger partial charge in [0.25, 0.3) is 0 Å². The molecule has 0 aromatic rings. The Morgan fingerprint density at radius 1 is 1.42 bits per heavy atom. The summed E-state index contributed by atoms with van der Waals surface area (Å²) in [6.07, 6.45) is 0.593. The number of amides is 2. The number of carbonyl (C=O) groups excluding carboxylic acids is 2. The van der Waals surface area contributed by atoms with Gasteiger partial charge in [-0.2, -0.15) is 0 Å². The highest BCUT2D eigenvalue weighted by Gasteiger charge is 2.31. The third kappa shape index (κ3) is 5.06. The molecule has 0 aromatic carbocycles. The Morgan fingerprint density at radius 3 is 2.58 bits per heavy atom. The van der Waals surface area contributed by atoms with Crippen molar-refractivity contribution in [2.45, 2.75) is 38.8 Å². The molecule has 6 heteroatoms. The fourth-order valence-corrected chi connectivity index (χ4v) is 2.03. The van der Waals surface area contributed by atoms with Gasteiger partial charge in [0, 0.05) is 26.2 Å². The largest absolute Gasteiger partial charge is 0.444 e. The SMILES string of the molecule is CNC(=O)CN(C)[C@H]1CCN(C(=O)OC(C)(C)C)C1. The monoisotopic (exact) mass is 271 g/mol. The molecule has 0 aliphatic carbocycles. The first-order valence-corrected chi connectivity index (χ1v) is 6.61. The molecule has 1 fully saturated rings. The van der Waals surface area contributed by atoms with Crippen molar-refractivity contribution in [3.8, 4) is 0 Å². The van der Waals surface area contributed by atoms with Gasteiger partial charge in [0.05, 0.1) is 6.54 Å². The highest BCUT2D eigenvalue weighted by Crippen LogP contribution is 2.17. The third-order valence-electron chi connectivity index (χ3n) is 3.11. The van der Waals surface area contributed by atoms with Gasteiger partial charge in [0.15, 0.2) is 0 Å². The minimum absolute atomic E-state index is 0.0155. The van der Waals surface area contributed by atoms with Gasteiger partial charge >= 0.3 is 6.09 Å². The number of likely N-dealkylation sites (N-methyl/N-ethyl adjacent to an activating group) is 2. The van der Waals surface area contributed by atoms with Crippen molar-refractivity contribution in [1.29, 1.82) is 0 Å². The molecule has 0 bridgehead atoms. The maximum atomic E-state index is 11.9. The van der Waals surface area contributed by atoms with Gasteiger partial charge in [-0.1, -0.05) is 0 Å². The average Bonchev–Trinajstić information content (AvgIpc) is 2.75. The van der Waals surface area contributed by atoms with Gasteiger partial charge in [-0.25, -0.2) is 4.79 Å². The molecule has 1 atom stereocenters. The zero-order valence-electron chi connectivity index (χ0n) is 12.5. The van der Waals surface area contributed by atoms with Gasteiger partial charge < -0.3 is 15.0 Å².